The van der Waals surface area contributed by atoms with Crippen molar-refractivity contribution in [2.24, 2.45) is 0 Å². The third-order valence-corrected chi connectivity index (χ3v) is 2.18. The summed E-state index contributed by atoms with van der Waals surface area (Å²) in [5, 5.41) is 9.56. The minimum absolute atomic E-state index is 0.328. The average molecular weight is 208 g/mol. The van der Waals surface area contributed by atoms with Crippen LogP contribution in [0.1, 0.15) is 25.3 Å². The number of hydrogen-bond donors (Lipinski definition) is 1. The molecule has 1 aromatic rings. The van der Waals surface area contributed by atoms with Crippen LogP contribution in [0.3, 0.4) is 0 Å². The number of hydrogen-bond acceptors (Lipinski definition) is 3. The second-order valence-corrected chi connectivity index (χ2v) is 3.38. The summed E-state index contributed by atoms with van der Waals surface area (Å²) < 4.78 is 4.92. The Kier molecular flexibility index (Phi) is 4.31. The maximum absolute atomic E-state index is 11.6. The highest BCUT2D eigenvalue weighted by Gasteiger charge is 2.26. The van der Waals surface area contributed by atoms with E-state index >= 15 is 0 Å². The average Bonchev–Trinajstić information content (AvgIpc) is 2.19. The van der Waals surface area contributed by atoms with Gasteiger partial charge in [-0.15, -0.1) is 0 Å². The Morgan fingerprint density at radius 1 is 1.40 bits per heavy atom. The van der Waals surface area contributed by atoms with E-state index in [9.17, 15) is 9.90 Å². The van der Waals surface area contributed by atoms with Crippen molar-refractivity contribution in [1.29, 1.82) is 0 Å². The molecule has 3 nitrogen and oxygen atoms in total. The summed E-state index contributed by atoms with van der Waals surface area (Å²) in [5.41, 5.74) is 0.783. The molecule has 0 aromatic heterocycles. The number of carbonyl (C=O) groups is 1. The van der Waals surface area contributed by atoms with Gasteiger partial charge in [0.1, 0.15) is 5.92 Å². The van der Waals surface area contributed by atoms with Crippen molar-refractivity contribution in [3.8, 4) is 0 Å². The summed E-state index contributed by atoms with van der Waals surface area (Å²) in [5.74, 6) is -0.968. The van der Waals surface area contributed by atoms with Gasteiger partial charge < -0.3 is 9.84 Å². The molecule has 1 rings (SSSR count). The Balaban J connectivity index is 2.88. The van der Waals surface area contributed by atoms with Crippen LogP contribution in [0.5, 0.6) is 0 Å². The highest BCUT2D eigenvalue weighted by molar-refractivity contribution is 5.78. The van der Waals surface area contributed by atoms with Crippen LogP contribution in [0.2, 0.25) is 0 Å². The van der Waals surface area contributed by atoms with Gasteiger partial charge in [-0.05, 0) is 19.4 Å². The second-order valence-electron chi connectivity index (χ2n) is 3.38. The number of benzene rings is 1. The van der Waals surface area contributed by atoms with Crippen LogP contribution >= 0.6 is 0 Å². The number of aliphatic hydroxyl groups is 1. The Bertz CT molecular complexity index is 306. The summed E-state index contributed by atoms with van der Waals surface area (Å²) in [6.45, 7) is 3.67. The van der Waals surface area contributed by atoms with Gasteiger partial charge in [-0.25, -0.2) is 0 Å². The fraction of sp³-hybridized carbons (Fsp3) is 0.417. The lowest BCUT2D eigenvalue weighted by Gasteiger charge is -2.18. The van der Waals surface area contributed by atoms with E-state index in [0.29, 0.717) is 6.61 Å². The molecule has 0 saturated carbocycles. The standard InChI is InChI=1S/C12H16O3/c1-3-15-12(14)11(9(2)13)10-7-5-4-6-8-10/h4-9,11,13H,3H2,1-2H3. The Morgan fingerprint density at radius 2 is 2.00 bits per heavy atom. The molecular weight excluding hydrogens is 192 g/mol. The molecule has 2 unspecified atom stereocenters. The van der Waals surface area contributed by atoms with Crippen molar-refractivity contribution in [2.45, 2.75) is 25.9 Å². The van der Waals surface area contributed by atoms with E-state index in [1.165, 1.54) is 0 Å². The van der Waals surface area contributed by atoms with Crippen molar-refractivity contribution in [3.05, 3.63) is 35.9 Å². The minimum Gasteiger partial charge on any atom is -0.465 e. The molecule has 1 N–H and O–H groups in total. The van der Waals surface area contributed by atoms with Crippen LogP contribution in [0.15, 0.2) is 30.3 Å². The fourth-order valence-corrected chi connectivity index (χ4v) is 1.50. The van der Waals surface area contributed by atoms with Crippen LogP contribution in [-0.2, 0) is 9.53 Å². The van der Waals surface area contributed by atoms with E-state index in [4.69, 9.17) is 4.74 Å². The zero-order valence-corrected chi connectivity index (χ0v) is 9.01. The molecule has 0 aliphatic rings. The Morgan fingerprint density at radius 3 is 2.47 bits per heavy atom. The smallest absolute Gasteiger partial charge is 0.316 e. The number of rotatable bonds is 4. The van der Waals surface area contributed by atoms with E-state index in [0.717, 1.165) is 5.56 Å². The first-order valence-electron chi connectivity index (χ1n) is 5.06. The fourth-order valence-electron chi connectivity index (χ4n) is 1.50. The molecular formula is C12H16O3. The largest absolute Gasteiger partial charge is 0.465 e. The molecule has 0 amide bonds. The molecule has 0 bridgehead atoms. The van der Waals surface area contributed by atoms with Crippen molar-refractivity contribution in [1.82, 2.24) is 0 Å². The number of ether oxygens (including phenoxy) is 1. The molecule has 82 valence electrons. The van der Waals surface area contributed by atoms with Crippen molar-refractivity contribution in [3.63, 3.8) is 0 Å². The molecule has 0 radical (unpaired) electrons. The minimum atomic E-state index is -0.744. The molecule has 15 heavy (non-hydrogen) atoms. The molecule has 3 heteroatoms. The lowest BCUT2D eigenvalue weighted by Crippen LogP contribution is -2.25. The van der Waals surface area contributed by atoms with Gasteiger partial charge in [0.2, 0.25) is 0 Å². The van der Waals surface area contributed by atoms with Gasteiger partial charge in [-0.1, -0.05) is 30.3 Å². The van der Waals surface area contributed by atoms with Crippen molar-refractivity contribution < 1.29 is 14.6 Å². The van der Waals surface area contributed by atoms with Gasteiger partial charge in [-0.3, -0.25) is 4.79 Å². The van der Waals surface area contributed by atoms with Crippen LogP contribution in [0.25, 0.3) is 0 Å². The van der Waals surface area contributed by atoms with E-state index in [1.807, 2.05) is 30.3 Å². The predicted octanol–water partition coefficient (Wildman–Crippen LogP) is 1.71. The molecule has 0 spiro atoms. The molecule has 0 aliphatic carbocycles. The van der Waals surface area contributed by atoms with E-state index in [1.54, 1.807) is 13.8 Å². The third kappa shape index (κ3) is 3.06. The molecule has 1 aromatic carbocycles. The Hall–Kier alpha value is -1.35. The topological polar surface area (TPSA) is 46.5 Å². The lowest BCUT2D eigenvalue weighted by molar-refractivity contribution is -0.147. The highest BCUT2D eigenvalue weighted by Crippen LogP contribution is 2.21. The van der Waals surface area contributed by atoms with E-state index < -0.39 is 12.0 Å². The lowest BCUT2D eigenvalue weighted by atomic mass is 9.94. The summed E-state index contributed by atoms with van der Waals surface area (Å²) in [6, 6.07) is 9.17. The van der Waals surface area contributed by atoms with Gasteiger partial charge in [0.25, 0.3) is 0 Å². The molecule has 0 fully saturated rings. The SMILES string of the molecule is CCOC(=O)C(c1ccccc1)C(C)O. The zero-order valence-electron chi connectivity index (χ0n) is 9.01. The molecule has 0 heterocycles. The zero-order chi connectivity index (χ0) is 11.3. The van der Waals surface area contributed by atoms with Gasteiger partial charge in [0.15, 0.2) is 0 Å². The first-order chi connectivity index (χ1) is 7.16. The molecule has 0 aliphatic heterocycles. The van der Waals surface area contributed by atoms with Gasteiger partial charge in [0, 0.05) is 0 Å². The monoisotopic (exact) mass is 208 g/mol. The number of carbonyl (C=O) groups excluding carboxylic acids is 1. The maximum Gasteiger partial charge on any atom is 0.316 e. The van der Waals surface area contributed by atoms with Crippen molar-refractivity contribution >= 4 is 5.97 Å². The van der Waals surface area contributed by atoms with Gasteiger partial charge >= 0.3 is 5.97 Å². The number of esters is 1. The molecule has 0 saturated heterocycles. The highest BCUT2D eigenvalue weighted by atomic mass is 16.5. The van der Waals surface area contributed by atoms with Gasteiger partial charge in [0.05, 0.1) is 12.7 Å². The summed E-state index contributed by atoms with van der Waals surface area (Å²) in [7, 11) is 0. The van der Waals surface area contributed by atoms with E-state index in [-0.39, 0.29) is 5.97 Å². The first-order valence-corrected chi connectivity index (χ1v) is 5.06. The number of aliphatic hydroxyl groups excluding tert-OH is 1. The Labute approximate surface area is 89.7 Å². The van der Waals surface area contributed by atoms with E-state index in [2.05, 4.69) is 0 Å². The normalized spacial score (nSPS) is 14.3. The summed E-state index contributed by atoms with van der Waals surface area (Å²) >= 11 is 0. The summed E-state index contributed by atoms with van der Waals surface area (Å²) in [6.07, 6.45) is -0.744. The van der Waals surface area contributed by atoms with Crippen molar-refractivity contribution in [2.75, 3.05) is 6.61 Å². The third-order valence-electron chi connectivity index (χ3n) is 2.18. The summed E-state index contributed by atoms with van der Waals surface area (Å²) in [4.78, 5) is 11.6. The van der Waals surface area contributed by atoms with Crippen LogP contribution in [0.4, 0.5) is 0 Å². The first kappa shape index (κ1) is 11.7. The second kappa shape index (κ2) is 5.51. The predicted molar refractivity (Wildman–Crippen MR) is 57.5 cm³/mol. The van der Waals surface area contributed by atoms with Gasteiger partial charge in [-0.2, -0.15) is 0 Å². The van der Waals surface area contributed by atoms with Crippen LogP contribution < -0.4 is 0 Å². The molecule has 2 atom stereocenters. The quantitative estimate of drug-likeness (QED) is 0.766. The van der Waals surface area contributed by atoms with Crippen LogP contribution in [0, 0.1) is 0 Å². The van der Waals surface area contributed by atoms with Crippen LogP contribution in [-0.4, -0.2) is 23.8 Å². The maximum atomic E-state index is 11.6.